The first-order chi connectivity index (χ1) is 8.20. The summed E-state index contributed by atoms with van der Waals surface area (Å²) in [5.74, 6) is 0.108. The van der Waals surface area contributed by atoms with Crippen LogP contribution in [0.3, 0.4) is 0 Å². The minimum Gasteiger partial charge on any atom is -0.507 e. The Kier molecular flexibility index (Phi) is 3.76. The van der Waals surface area contributed by atoms with Gasteiger partial charge in [-0.15, -0.1) is 0 Å². The molecule has 17 heavy (non-hydrogen) atoms. The molecule has 1 aromatic carbocycles. The van der Waals surface area contributed by atoms with E-state index in [9.17, 15) is 9.90 Å². The van der Waals surface area contributed by atoms with Crippen LogP contribution in [0.15, 0.2) is 12.1 Å². The average Bonchev–Trinajstić information content (AvgIpc) is 2.34. The van der Waals surface area contributed by atoms with Crippen molar-refractivity contribution in [2.24, 2.45) is 0 Å². The molecule has 1 fully saturated rings. The van der Waals surface area contributed by atoms with Crippen molar-refractivity contribution in [3.05, 3.63) is 28.8 Å². The number of ether oxygens (including phenoxy) is 1. The number of hydrogen-bond donors (Lipinski definition) is 1. The van der Waals surface area contributed by atoms with Crippen LogP contribution in [0.25, 0.3) is 0 Å². The number of aryl methyl sites for hydroxylation is 1. The van der Waals surface area contributed by atoms with Gasteiger partial charge in [0.15, 0.2) is 6.29 Å². The van der Waals surface area contributed by atoms with E-state index in [1.165, 1.54) is 0 Å². The van der Waals surface area contributed by atoms with Gasteiger partial charge in [-0.05, 0) is 18.6 Å². The minimum atomic E-state index is 0.108. The molecule has 4 heteroatoms. The number of carbonyl (C=O) groups excluding carboxylic acids is 1. The molecule has 0 aromatic heterocycles. The van der Waals surface area contributed by atoms with Crippen molar-refractivity contribution in [2.75, 3.05) is 26.3 Å². The van der Waals surface area contributed by atoms with Gasteiger partial charge in [0.2, 0.25) is 0 Å². The zero-order valence-corrected chi connectivity index (χ0v) is 9.98. The second-order valence-electron chi connectivity index (χ2n) is 4.37. The summed E-state index contributed by atoms with van der Waals surface area (Å²) in [5.41, 5.74) is 2.18. The highest BCUT2D eigenvalue weighted by molar-refractivity contribution is 5.80. The lowest BCUT2D eigenvalue weighted by Crippen LogP contribution is -2.35. The topological polar surface area (TPSA) is 49.8 Å². The molecule has 0 aliphatic carbocycles. The predicted molar refractivity (Wildman–Crippen MR) is 64.3 cm³/mol. The normalized spacial score (nSPS) is 17.0. The van der Waals surface area contributed by atoms with Gasteiger partial charge in [0.05, 0.1) is 18.8 Å². The van der Waals surface area contributed by atoms with Gasteiger partial charge in [0.25, 0.3) is 0 Å². The minimum absolute atomic E-state index is 0.108. The number of benzene rings is 1. The van der Waals surface area contributed by atoms with Gasteiger partial charge >= 0.3 is 0 Å². The van der Waals surface area contributed by atoms with E-state index in [0.717, 1.165) is 37.4 Å². The fraction of sp³-hybridized carbons (Fsp3) is 0.462. The largest absolute Gasteiger partial charge is 0.507 e. The van der Waals surface area contributed by atoms with E-state index < -0.39 is 0 Å². The van der Waals surface area contributed by atoms with Crippen LogP contribution in [-0.4, -0.2) is 42.6 Å². The Morgan fingerprint density at radius 1 is 1.41 bits per heavy atom. The molecule has 1 aromatic rings. The van der Waals surface area contributed by atoms with Crippen LogP contribution in [0, 0.1) is 6.92 Å². The molecule has 1 heterocycles. The summed E-state index contributed by atoms with van der Waals surface area (Å²) in [6, 6.07) is 3.63. The molecule has 92 valence electrons. The summed E-state index contributed by atoms with van der Waals surface area (Å²) < 4.78 is 5.28. The zero-order chi connectivity index (χ0) is 12.3. The lowest BCUT2D eigenvalue weighted by Gasteiger charge is -2.27. The number of hydrogen-bond acceptors (Lipinski definition) is 4. The standard InChI is InChI=1S/C13H17NO3/c1-10-6-11(13(16)12(7-10)9-15)8-14-2-4-17-5-3-14/h6-7,9,16H,2-5,8H2,1H3. The molecule has 0 radical (unpaired) electrons. The molecule has 1 saturated heterocycles. The molecule has 0 atom stereocenters. The molecule has 0 amide bonds. The van der Waals surface area contributed by atoms with E-state index in [4.69, 9.17) is 4.74 Å². The number of rotatable bonds is 3. The Labute approximate surface area is 101 Å². The third-order valence-electron chi connectivity index (χ3n) is 2.99. The maximum Gasteiger partial charge on any atom is 0.153 e. The third-order valence-corrected chi connectivity index (χ3v) is 2.99. The highest BCUT2D eigenvalue weighted by Crippen LogP contribution is 2.24. The predicted octanol–water partition coefficient (Wildman–Crippen LogP) is 1.35. The Bertz CT molecular complexity index is 411. The van der Waals surface area contributed by atoms with Crippen LogP contribution in [0.5, 0.6) is 5.75 Å². The van der Waals surface area contributed by atoms with Crippen molar-refractivity contribution in [3.8, 4) is 5.75 Å². The molecule has 0 bridgehead atoms. The molecule has 0 saturated carbocycles. The van der Waals surface area contributed by atoms with E-state index in [1.807, 2.05) is 13.0 Å². The van der Waals surface area contributed by atoms with Crippen LogP contribution in [0.4, 0.5) is 0 Å². The first-order valence-electron chi connectivity index (χ1n) is 5.78. The summed E-state index contributed by atoms with van der Waals surface area (Å²) in [6.07, 6.45) is 0.700. The Hall–Kier alpha value is -1.39. The second-order valence-corrected chi connectivity index (χ2v) is 4.37. The van der Waals surface area contributed by atoms with Crippen molar-refractivity contribution >= 4 is 6.29 Å². The van der Waals surface area contributed by atoms with Gasteiger partial charge in [0.1, 0.15) is 5.75 Å². The lowest BCUT2D eigenvalue weighted by molar-refractivity contribution is 0.0338. The van der Waals surface area contributed by atoms with Gasteiger partial charge < -0.3 is 9.84 Å². The maximum atomic E-state index is 10.8. The monoisotopic (exact) mass is 235 g/mol. The van der Waals surface area contributed by atoms with Crippen LogP contribution < -0.4 is 0 Å². The number of phenols is 1. The van der Waals surface area contributed by atoms with Crippen molar-refractivity contribution in [2.45, 2.75) is 13.5 Å². The highest BCUT2D eigenvalue weighted by Gasteiger charge is 2.14. The van der Waals surface area contributed by atoms with Gasteiger partial charge in [0, 0.05) is 25.2 Å². The van der Waals surface area contributed by atoms with Gasteiger partial charge in [-0.2, -0.15) is 0 Å². The summed E-state index contributed by atoms with van der Waals surface area (Å²) in [7, 11) is 0. The molecule has 0 spiro atoms. The van der Waals surface area contributed by atoms with Gasteiger partial charge in [-0.1, -0.05) is 6.07 Å². The zero-order valence-electron chi connectivity index (χ0n) is 9.98. The SMILES string of the molecule is Cc1cc(C=O)c(O)c(CN2CCOCC2)c1. The van der Waals surface area contributed by atoms with E-state index in [1.54, 1.807) is 6.07 Å². The number of nitrogens with zero attached hydrogens (tertiary/aromatic N) is 1. The van der Waals surface area contributed by atoms with Gasteiger partial charge in [-0.3, -0.25) is 9.69 Å². The van der Waals surface area contributed by atoms with E-state index in [0.29, 0.717) is 18.4 Å². The third kappa shape index (κ3) is 2.84. The first kappa shape index (κ1) is 12.1. The van der Waals surface area contributed by atoms with Crippen molar-refractivity contribution in [1.82, 2.24) is 4.90 Å². The number of aldehydes is 1. The Morgan fingerprint density at radius 2 is 2.12 bits per heavy atom. The highest BCUT2D eigenvalue weighted by atomic mass is 16.5. The molecule has 4 nitrogen and oxygen atoms in total. The van der Waals surface area contributed by atoms with Crippen LogP contribution in [0.1, 0.15) is 21.5 Å². The molecule has 1 aliphatic heterocycles. The van der Waals surface area contributed by atoms with Crippen molar-refractivity contribution in [1.29, 1.82) is 0 Å². The maximum absolute atomic E-state index is 10.8. The van der Waals surface area contributed by atoms with Crippen molar-refractivity contribution in [3.63, 3.8) is 0 Å². The number of carbonyl (C=O) groups is 1. The van der Waals surface area contributed by atoms with E-state index in [2.05, 4.69) is 4.90 Å². The molecular formula is C13H17NO3. The molecule has 0 unspecified atom stereocenters. The molecular weight excluding hydrogens is 218 g/mol. The quantitative estimate of drug-likeness (QED) is 0.803. The number of aromatic hydroxyl groups is 1. The fourth-order valence-electron chi connectivity index (χ4n) is 2.09. The summed E-state index contributed by atoms with van der Waals surface area (Å²) in [6.45, 7) is 5.78. The number of phenolic OH excluding ortho intramolecular Hbond substituents is 1. The van der Waals surface area contributed by atoms with E-state index in [-0.39, 0.29) is 5.75 Å². The Balaban J connectivity index is 2.19. The first-order valence-corrected chi connectivity index (χ1v) is 5.78. The second kappa shape index (κ2) is 5.29. The molecule has 1 aliphatic rings. The average molecular weight is 235 g/mol. The molecule has 2 rings (SSSR count). The molecule has 1 N–H and O–H groups in total. The van der Waals surface area contributed by atoms with Gasteiger partial charge in [-0.25, -0.2) is 0 Å². The Morgan fingerprint density at radius 3 is 2.76 bits per heavy atom. The van der Waals surface area contributed by atoms with Crippen LogP contribution >= 0.6 is 0 Å². The smallest absolute Gasteiger partial charge is 0.153 e. The van der Waals surface area contributed by atoms with E-state index >= 15 is 0 Å². The van der Waals surface area contributed by atoms with Crippen molar-refractivity contribution < 1.29 is 14.6 Å². The summed E-state index contributed by atoms with van der Waals surface area (Å²) in [4.78, 5) is 13.0. The summed E-state index contributed by atoms with van der Waals surface area (Å²) in [5, 5.41) is 9.95. The fourth-order valence-corrected chi connectivity index (χ4v) is 2.09. The number of morpholine rings is 1. The summed E-state index contributed by atoms with van der Waals surface area (Å²) >= 11 is 0. The van der Waals surface area contributed by atoms with Crippen LogP contribution in [-0.2, 0) is 11.3 Å². The lowest BCUT2D eigenvalue weighted by atomic mass is 10.0. The van der Waals surface area contributed by atoms with Crippen LogP contribution in [0.2, 0.25) is 0 Å².